The Morgan fingerprint density at radius 1 is 1.14 bits per heavy atom. The zero-order chi connectivity index (χ0) is 15.1. The molecule has 0 fully saturated rings. The molecular weight excluding hydrogens is 286 g/mol. The minimum atomic E-state index is -0.931. The molecule has 0 aliphatic rings. The lowest BCUT2D eigenvalue weighted by atomic mass is 9.99. The van der Waals surface area contributed by atoms with Crippen LogP contribution in [0, 0.1) is 0 Å². The zero-order valence-electron chi connectivity index (χ0n) is 11.5. The molecule has 2 rings (SSSR count). The Labute approximate surface area is 127 Å². The summed E-state index contributed by atoms with van der Waals surface area (Å²) < 4.78 is 0. The van der Waals surface area contributed by atoms with E-state index in [1.54, 1.807) is 35.6 Å². The number of aliphatic carboxylic acids is 1. The van der Waals surface area contributed by atoms with E-state index >= 15 is 0 Å². The smallest absolute Gasteiger partial charge is 0.312 e. The Balaban J connectivity index is 1.84. The zero-order valence-corrected chi connectivity index (χ0v) is 12.3. The van der Waals surface area contributed by atoms with Crippen molar-refractivity contribution in [2.24, 2.45) is 0 Å². The van der Waals surface area contributed by atoms with Gasteiger partial charge >= 0.3 is 5.97 Å². The van der Waals surface area contributed by atoms with Crippen molar-refractivity contribution in [3.63, 3.8) is 0 Å². The second-order valence-corrected chi connectivity index (χ2v) is 5.72. The molecule has 4 nitrogen and oxygen atoms in total. The molecule has 1 heterocycles. The molecule has 0 spiro atoms. The van der Waals surface area contributed by atoms with Gasteiger partial charge in [0.05, 0.1) is 5.92 Å². The molecule has 21 heavy (non-hydrogen) atoms. The number of carboxylic acids is 1. The molecule has 5 heteroatoms. The fourth-order valence-corrected chi connectivity index (χ4v) is 2.74. The van der Waals surface area contributed by atoms with Crippen molar-refractivity contribution >= 4 is 23.2 Å². The van der Waals surface area contributed by atoms with Gasteiger partial charge in [0.25, 0.3) is 0 Å². The van der Waals surface area contributed by atoms with Gasteiger partial charge in [-0.1, -0.05) is 36.4 Å². The van der Waals surface area contributed by atoms with Gasteiger partial charge in [-0.25, -0.2) is 0 Å². The van der Waals surface area contributed by atoms with Crippen molar-refractivity contribution in [1.82, 2.24) is 5.32 Å². The van der Waals surface area contributed by atoms with E-state index < -0.39 is 11.9 Å². The van der Waals surface area contributed by atoms with Crippen LogP contribution in [0.15, 0.2) is 47.8 Å². The first-order valence-electron chi connectivity index (χ1n) is 6.73. The van der Waals surface area contributed by atoms with E-state index in [1.165, 1.54) is 0 Å². The van der Waals surface area contributed by atoms with Gasteiger partial charge in [-0.15, -0.1) is 11.3 Å². The number of hydrogen-bond acceptors (Lipinski definition) is 3. The summed E-state index contributed by atoms with van der Waals surface area (Å²) in [6.45, 7) is 0.114. The molecule has 0 bridgehead atoms. The molecule has 0 aliphatic heterocycles. The highest BCUT2D eigenvalue weighted by atomic mass is 32.1. The summed E-state index contributed by atoms with van der Waals surface area (Å²) in [7, 11) is 0. The lowest BCUT2D eigenvalue weighted by Crippen LogP contribution is -2.31. The first-order chi connectivity index (χ1) is 10.2. The standard InChI is InChI=1S/C16H17NO3S/c18-15(9-8-13-7-4-10-21-13)17-11-14(16(19)20)12-5-2-1-3-6-12/h1-7,10,14H,8-9,11H2,(H,17,18)(H,19,20). The topological polar surface area (TPSA) is 66.4 Å². The van der Waals surface area contributed by atoms with E-state index in [2.05, 4.69) is 5.32 Å². The fourth-order valence-electron chi connectivity index (χ4n) is 2.03. The fraction of sp³-hybridized carbons (Fsp3) is 0.250. The van der Waals surface area contributed by atoms with Crippen LogP contribution >= 0.6 is 11.3 Å². The molecule has 2 N–H and O–H groups in total. The van der Waals surface area contributed by atoms with Crippen LogP contribution in [0.4, 0.5) is 0 Å². The van der Waals surface area contributed by atoms with Crippen LogP contribution in [0.1, 0.15) is 22.8 Å². The summed E-state index contributed by atoms with van der Waals surface area (Å²) in [5.41, 5.74) is 0.698. The summed E-state index contributed by atoms with van der Waals surface area (Å²) in [5, 5.41) is 14.0. The van der Waals surface area contributed by atoms with Gasteiger partial charge < -0.3 is 10.4 Å². The van der Waals surface area contributed by atoms with E-state index in [0.717, 1.165) is 4.88 Å². The number of thiophene rings is 1. The maximum Gasteiger partial charge on any atom is 0.312 e. The van der Waals surface area contributed by atoms with Crippen LogP contribution in [0.25, 0.3) is 0 Å². The quantitative estimate of drug-likeness (QED) is 0.826. The highest BCUT2D eigenvalue weighted by Gasteiger charge is 2.20. The predicted molar refractivity (Wildman–Crippen MR) is 82.5 cm³/mol. The summed E-state index contributed by atoms with van der Waals surface area (Å²) in [6.07, 6.45) is 1.06. The first-order valence-corrected chi connectivity index (χ1v) is 7.61. The van der Waals surface area contributed by atoms with Crippen molar-refractivity contribution in [2.75, 3.05) is 6.54 Å². The summed E-state index contributed by atoms with van der Waals surface area (Å²) in [4.78, 5) is 24.3. The van der Waals surface area contributed by atoms with Crippen molar-refractivity contribution in [3.8, 4) is 0 Å². The van der Waals surface area contributed by atoms with Crippen LogP contribution in [0.3, 0.4) is 0 Å². The molecule has 1 aromatic heterocycles. The van der Waals surface area contributed by atoms with Crippen LogP contribution in [0.2, 0.25) is 0 Å². The first kappa shape index (κ1) is 15.3. The van der Waals surface area contributed by atoms with E-state index in [4.69, 9.17) is 0 Å². The van der Waals surface area contributed by atoms with Crippen LogP contribution in [-0.4, -0.2) is 23.5 Å². The Bertz CT molecular complexity index is 581. The monoisotopic (exact) mass is 303 g/mol. The normalized spacial score (nSPS) is 11.8. The van der Waals surface area contributed by atoms with Crippen molar-refractivity contribution in [3.05, 3.63) is 58.3 Å². The average molecular weight is 303 g/mol. The van der Waals surface area contributed by atoms with Crippen molar-refractivity contribution in [2.45, 2.75) is 18.8 Å². The highest BCUT2D eigenvalue weighted by molar-refractivity contribution is 7.09. The number of amides is 1. The van der Waals surface area contributed by atoms with Crippen molar-refractivity contribution in [1.29, 1.82) is 0 Å². The van der Waals surface area contributed by atoms with E-state index in [-0.39, 0.29) is 12.5 Å². The number of aryl methyl sites for hydroxylation is 1. The number of carbonyl (C=O) groups is 2. The largest absolute Gasteiger partial charge is 0.481 e. The van der Waals surface area contributed by atoms with Gasteiger partial charge in [-0.2, -0.15) is 0 Å². The second kappa shape index (κ2) is 7.59. The summed E-state index contributed by atoms with van der Waals surface area (Å²) >= 11 is 1.62. The van der Waals surface area contributed by atoms with E-state index in [0.29, 0.717) is 18.4 Å². The molecule has 0 radical (unpaired) electrons. The van der Waals surface area contributed by atoms with Crippen LogP contribution < -0.4 is 5.32 Å². The predicted octanol–water partition coefficient (Wildman–Crippen LogP) is 2.67. The molecule has 1 amide bonds. The number of carbonyl (C=O) groups excluding carboxylic acids is 1. The van der Waals surface area contributed by atoms with Gasteiger partial charge in [-0.3, -0.25) is 9.59 Å². The van der Waals surface area contributed by atoms with Gasteiger partial charge in [0.1, 0.15) is 0 Å². The van der Waals surface area contributed by atoms with Crippen molar-refractivity contribution < 1.29 is 14.7 Å². The molecule has 1 unspecified atom stereocenters. The number of nitrogens with one attached hydrogen (secondary N) is 1. The van der Waals surface area contributed by atoms with Gasteiger partial charge in [0, 0.05) is 17.8 Å². The number of rotatable bonds is 7. The maximum atomic E-state index is 11.8. The lowest BCUT2D eigenvalue weighted by Gasteiger charge is -2.13. The Morgan fingerprint density at radius 2 is 1.90 bits per heavy atom. The summed E-state index contributed by atoms with van der Waals surface area (Å²) in [6, 6.07) is 12.9. The minimum Gasteiger partial charge on any atom is -0.481 e. The third kappa shape index (κ3) is 4.72. The average Bonchev–Trinajstić information content (AvgIpc) is 2.99. The van der Waals surface area contributed by atoms with E-state index in [9.17, 15) is 14.7 Å². The Kier molecular flexibility index (Phi) is 5.51. The molecule has 0 saturated heterocycles. The number of benzene rings is 1. The SMILES string of the molecule is O=C(CCc1cccs1)NCC(C(=O)O)c1ccccc1. The van der Waals surface area contributed by atoms with Gasteiger partial charge in [-0.05, 0) is 23.4 Å². The van der Waals surface area contributed by atoms with Gasteiger partial charge in [0.15, 0.2) is 0 Å². The highest BCUT2D eigenvalue weighted by Crippen LogP contribution is 2.15. The minimum absolute atomic E-state index is 0.114. The molecule has 1 atom stereocenters. The Morgan fingerprint density at radius 3 is 2.52 bits per heavy atom. The lowest BCUT2D eigenvalue weighted by molar-refractivity contribution is -0.138. The second-order valence-electron chi connectivity index (χ2n) is 4.68. The Hall–Kier alpha value is -2.14. The number of hydrogen-bond donors (Lipinski definition) is 2. The van der Waals surface area contributed by atoms with Crippen LogP contribution in [-0.2, 0) is 16.0 Å². The maximum absolute atomic E-state index is 11.8. The summed E-state index contributed by atoms with van der Waals surface area (Å²) in [5.74, 6) is -1.76. The number of carboxylic acid groups (broad SMARTS) is 1. The molecule has 0 aliphatic carbocycles. The molecular formula is C16H17NO3S. The molecule has 110 valence electrons. The molecule has 1 aromatic carbocycles. The van der Waals surface area contributed by atoms with E-state index in [1.807, 2.05) is 23.6 Å². The van der Waals surface area contributed by atoms with Crippen LogP contribution in [0.5, 0.6) is 0 Å². The van der Waals surface area contributed by atoms with Gasteiger partial charge in [0.2, 0.25) is 5.91 Å². The third-order valence-corrected chi connectivity index (χ3v) is 4.12. The third-order valence-electron chi connectivity index (χ3n) is 3.18. The molecule has 0 saturated carbocycles. The molecule has 2 aromatic rings.